The number of nitrogens with one attached hydrogen (secondary N) is 2. The molecule has 0 spiro atoms. The van der Waals surface area contributed by atoms with Gasteiger partial charge in [-0.05, 0) is 85.6 Å². The maximum absolute atomic E-state index is 12.7. The molecule has 2 aromatic rings. The van der Waals surface area contributed by atoms with Crippen LogP contribution < -0.4 is 10.6 Å². The normalized spacial score (nSPS) is 30.9. The Morgan fingerprint density at radius 3 is 2.71 bits per heavy atom. The first kappa shape index (κ1) is 17.8. The maximum atomic E-state index is 12.7. The first-order valence-corrected chi connectivity index (χ1v) is 10.9. The van der Waals surface area contributed by atoms with E-state index in [2.05, 4.69) is 66.9 Å². The summed E-state index contributed by atoms with van der Waals surface area (Å²) in [5.41, 5.74) is 4.80. The minimum atomic E-state index is 0.0574. The second-order valence-corrected chi connectivity index (χ2v) is 9.05. The fraction of sp³-hybridized carbons (Fsp3) is 0.480. The highest BCUT2D eigenvalue weighted by atomic mass is 16.1. The van der Waals surface area contributed by atoms with Gasteiger partial charge in [0.15, 0.2) is 0 Å². The molecule has 0 aromatic heterocycles. The van der Waals surface area contributed by atoms with Gasteiger partial charge in [0.25, 0.3) is 5.91 Å². The summed E-state index contributed by atoms with van der Waals surface area (Å²) in [5.74, 6) is 2.86. The summed E-state index contributed by atoms with van der Waals surface area (Å²) in [5, 5.41) is 6.98. The molecule has 5 rings (SSSR count). The van der Waals surface area contributed by atoms with Crippen LogP contribution in [0.3, 0.4) is 0 Å². The lowest BCUT2D eigenvalue weighted by atomic mass is 9.68. The van der Waals surface area contributed by atoms with Crippen LogP contribution in [0.25, 0.3) is 0 Å². The van der Waals surface area contributed by atoms with Crippen molar-refractivity contribution in [2.24, 2.45) is 17.8 Å². The monoisotopic (exact) mass is 374 g/mol. The Balaban J connectivity index is 1.52. The zero-order valence-corrected chi connectivity index (χ0v) is 16.8. The highest BCUT2D eigenvalue weighted by Crippen LogP contribution is 2.63. The molecular formula is C25H30N2O. The van der Waals surface area contributed by atoms with Gasteiger partial charge in [-0.25, -0.2) is 0 Å². The van der Waals surface area contributed by atoms with Crippen LogP contribution >= 0.6 is 0 Å². The van der Waals surface area contributed by atoms with Crippen molar-refractivity contribution in [3.63, 3.8) is 0 Å². The lowest BCUT2D eigenvalue weighted by Gasteiger charge is -2.43. The molecule has 0 unspecified atom stereocenters. The van der Waals surface area contributed by atoms with E-state index < -0.39 is 0 Å². The van der Waals surface area contributed by atoms with Crippen LogP contribution in [0, 0.1) is 17.8 Å². The predicted molar refractivity (Wildman–Crippen MR) is 114 cm³/mol. The van der Waals surface area contributed by atoms with E-state index in [0.717, 1.165) is 23.8 Å². The minimum absolute atomic E-state index is 0.0574. The fourth-order valence-corrected chi connectivity index (χ4v) is 6.03. The standard InChI is InChI=1S/C25H30N2O/c1-3-15(2)26-25(28)19-11-12-21-20(14-19)22-17-9-10-18(13-17)23(22)24(27-21)16-7-5-4-6-8-16/h4-8,11-12,14-15,17-18,22-24,27H,3,9-10,13H2,1-2H3,(H,26,28)/t15-,17-,18-,22-,23+,24+/m0/s1. The highest BCUT2D eigenvalue weighted by molar-refractivity contribution is 5.95. The molecule has 0 radical (unpaired) electrons. The quantitative estimate of drug-likeness (QED) is 0.741. The summed E-state index contributed by atoms with van der Waals surface area (Å²) >= 11 is 0. The number of amides is 1. The van der Waals surface area contributed by atoms with Crippen LogP contribution in [0.5, 0.6) is 0 Å². The van der Waals surface area contributed by atoms with E-state index in [1.807, 2.05) is 6.07 Å². The minimum Gasteiger partial charge on any atom is -0.378 e. The lowest BCUT2D eigenvalue weighted by molar-refractivity contribution is 0.0939. The molecule has 1 aliphatic heterocycles. The molecule has 3 nitrogen and oxygen atoms in total. The molecule has 1 amide bonds. The predicted octanol–water partition coefficient (Wildman–Crippen LogP) is 5.51. The molecule has 6 atom stereocenters. The van der Waals surface area contributed by atoms with Crippen molar-refractivity contribution < 1.29 is 4.79 Å². The molecular weight excluding hydrogens is 344 g/mol. The SMILES string of the molecule is CC[C@H](C)NC(=O)c1ccc2c(c1)[C@@H]1[C@H]3CC[C@@H](C3)[C@H]1[C@@H](c1ccccc1)N2. The summed E-state index contributed by atoms with van der Waals surface area (Å²) < 4.78 is 0. The average molecular weight is 375 g/mol. The first-order valence-electron chi connectivity index (χ1n) is 10.9. The first-order chi connectivity index (χ1) is 13.7. The van der Waals surface area contributed by atoms with Crippen LogP contribution in [-0.4, -0.2) is 11.9 Å². The Morgan fingerprint density at radius 2 is 1.93 bits per heavy atom. The van der Waals surface area contributed by atoms with E-state index in [1.54, 1.807) is 0 Å². The number of rotatable bonds is 4. The smallest absolute Gasteiger partial charge is 0.251 e. The molecule has 2 aromatic carbocycles. The van der Waals surface area contributed by atoms with Crippen molar-refractivity contribution in [3.05, 3.63) is 65.2 Å². The summed E-state index contributed by atoms with van der Waals surface area (Å²) in [7, 11) is 0. The average Bonchev–Trinajstić information content (AvgIpc) is 3.36. The molecule has 1 heterocycles. The van der Waals surface area contributed by atoms with E-state index in [1.165, 1.54) is 36.1 Å². The fourth-order valence-electron chi connectivity index (χ4n) is 6.03. The van der Waals surface area contributed by atoms with Crippen LogP contribution in [0.1, 0.15) is 73.0 Å². The van der Waals surface area contributed by atoms with Crippen LogP contribution in [0.2, 0.25) is 0 Å². The van der Waals surface area contributed by atoms with Crippen LogP contribution in [-0.2, 0) is 0 Å². The van der Waals surface area contributed by atoms with Gasteiger partial charge >= 0.3 is 0 Å². The van der Waals surface area contributed by atoms with Gasteiger partial charge in [0, 0.05) is 17.3 Å². The van der Waals surface area contributed by atoms with Crippen molar-refractivity contribution in [1.29, 1.82) is 0 Å². The summed E-state index contributed by atoms with van der Waals surface area (Å²) in [6.07, 6.45) is 5.00. The van der Waals surface area contributed by atoms with Gasteiger partial charge in [0.1, 0.15) is 0 Å². The van der Waals surface area contributed by atoms with E-state index in [4.69, 9.17) is 0 Å². The lowest BCUT2D eigenvalue weighted by Crippen LogP contribution is -2.36. The summed E-state index contributed by atoms with van der Waals surface area (Å²) in [4.78, 5) is 12.7. The number of carbonyl (C=O) groups is 1. The maximum Gasteiger partial charge on any atom is 0.251 e. The van der Waals surface area contributed by atoms with Crippen molar-refractivity contribution in [1.82, 2.24) is 5.32 Å². The number of hydrogen-bond donors (Lipinski definition) is 2. The zero-order chi connectivity index (χ0) is 19.3. The number of hydrogen-bond acceptors (Lipinski definition) is 2. The van der Waals surface area contributed by atoms with Gasteiger partial charge in [-0.3, -0.25) is 4.79 Å². The number of anilines is 1. The topological polar surface area (TPSA) is 41.1 Å². The van der Waals surface area contributed by atoms with Crippen molar-refractivity contribution in [3.8, 4) is 0 Å². The molecule has 2 aliphatic carbocycles. The third kappa shape index (κ3) is 2.83. The second kappa shape index (κ2) is 6.95. The molecule has 2 N–H and O–H groups in total. The van der Waals surface area contributed by atoms with Gasteiger partial charge in [0.2, 0.25) is 0 Å². The molecule has 3 heteroatoms. The van der Waals surface area contributed by atoms with Crippen LogP contribution in [0.4, 0.5) is 5.69 Å². The number of fused-ring (bicyclic) bond motifs is 7. The Kier molecular flexibility index (Phi) is 4.41. The van der Waals surface area contributed by atoms with E-state index in [-0.39, 0.29) is 11.9 Å². The molecule has 0 saturated heterocycles. The molecule has 3 aliphatic rings. The molecule has 146 valence electrons. The van der Waals surface area contributed by atoms with E-state index >= 15 is 0 Å². The zero-order valence-electron chi connectivity index (χ0n) is 16.8. The second-order valence-electron chi connectivity index (χ2n) is 9.05. The van der Waals surface area contributed by atoms with Gasteiger partial charge in [0.05, 0.1) is 6.04 Å². The van der Waals surface area contributed by atoms with Crippen molar-refractivity contribution in [2.75, 3.05) is 5.32 Å². The van der Waals surface area contributed by atoms with Crippen molar-refractivity contribution >= 4 is 11.6 Å². The molecule has 28 heavy (non-hydrogen) atoms. The number of carbonyl (C=O) groups excluding carboxylic acids is 1. The Morgan fingerprint density at radius 1 is 1.14 bits per heavy atom. The Labute approximate surface area is 167 Å². The molecule has 2 saturated carbocycles. The highest BCUT2D eigenvalue weighted by Gasteiger charge is 2.53. The Bertz CT molecular complexity index is 877. The third-order valence-electron chi connectivity index (χ3n) is 7.50. The molecule has 2 fully saturated rings. The Hall–Kier alpha value is -2.29. The van der Waals surface area contributed by atoms with E-state index in [9.17, 15) is 4.79 Å². The third-order valence-corrected chi connectivity index (χ3v) is 7.50. The summed E-state index contributed by atoms with van der Waals surface area (Å²) in [6.45, 7) is 4.17. The summed E-state index contributed by atoms with van der Waals surface area (Å²) in [6, 6.07) is 17.8. The van der Waals surface area contributed by atoms with Gasteiger partial charge in [-0.1, -0.05) is 37.3 Å². The van der Waals surface area contributed by atoms with Gasteiger partial charge in [-0.2, -0.15) is 0 Å². The largest absolute Gasteiger partial charge is 0.378 e. The van der Waals surface area contributed by atoms with Gasteiger partial charge in [-0.15, -0.1) is 0 Å². The number of benzene rings is 2. The van der Waals surface area contributed by atoms with Crippen LogP contribution in [0.15, 0.2) is 48.5 Å². The van der Waals surface area contributed by atoms with Gasteiger partial charge < -0.3 is 10.6 Å². The molecule has 2 bridgehead atoms. The van der Waals surface area contributed by atoms with E-state index in [0.29, 0.717) is 17.9 Å². The van der Waals surface area contributed by atoms with Crippen molar-refractivity contribution in [2.45, 2.75) is 57.5 Å².